The minimum atomic E-state index is -0.0403. The molecule has 230 valence electrons. The minimum absolute atomic E-state index is 0.0403. The zero-order valence-corrected chi connectivity index (χ0v) is 27.7. The van der Waals surface area contributed by atoms with E-state index in [4.69, 9.17) is 0 Å². The number of rotatable bonds is 3. The normalized spacial score (nSPS) is 13.3. The van der Waals surface area contributed by atoms with E-state index in [1.54, 1.807) is 0 Å². The molecule has 0 aromatic heterocycles. The van der Waals surface area contributed by atoms with Crippen LogP contribution in [-0.2, 0) is 5.41 Å². The highest BCUT2D eigenvalue weighted by molar-refractivity contribution is 6.25. The largest absolute Gasteiger partial charge is 0.0619 e. The van der Waals surface area contributed by atoms with Gasteiger partial charge >= 0.3 is 0 Å². The van der Waals surface area contributed by atoms with Gasteiger partial charge in [-0.2, -0.15) is 0 Å². The molecule has 0 spiro atoms. The summed E-state index contributed by atoms with van der Waals surface area (Å²) in [7, 11) is 0. The third-order valence-corrected chi connectivity index (χ3v) is 11.1. The summed E-state index contributed by atoms with van der Waals surface area (Å²) in [6.45, 7) is 4.72. The van der Waals surface area contributed by atoms with Crippen molar-refractivity contribution in [2.75, 3.05) is 0 Å². The monoisotopic (exact) mass is 622 g/mol. The molecule has 49 heavy (non-hydrogen) atoms. The van der Waals surface area contributed by atoms with Gasteiger partial charge in [-0.05, 0) is 105 Å². The smallest absolute Gasteiger partial charge is 0.0159 e. The lowest BCUT2D eigenvalue weighted by Crippen LogP contribution is -2.14. The second-order valence-electron chi connectivity index (χ2n) is 14.0. The number of hydrogen-bond acceptors (Lipinski definition) is 0. The molecule has 10 rings (SSSR count). The summed E-state index contributed by atoms with van der Waals surface area (Å²) in [6.07, 6.45) is 0. The van der Waals surface area contributed by atoms with Crippen molar-refractivity contribution in [3.05, 3.63) is 181 Å². The fraction of sp³-hybridized carbons (Fsp3) is 0.0612. The van der Waals surface area contributed by atoms with E-state index in [1.165, 1.54) is 98.7 Å². The Kier molecular flexibility index (Phi) is 6.02. The molecule has 0 amide bonds. The zero-order valence-electron chi connectivity index (χ0n) is 27.7. The highest BCUT2D eigenvalue weighted by atomic mass is 14.4. The maximum atomic E-state index is 2.44. The van der Waals surface area contributed by atoms with Crippen LogP contribution in [0.2, 0.25) is 0 Å². The number of fused-ring (bicyclic) bond motifs is 7. The third kappa shape index (κ3) is 4.04. The summed E-state index contributed by atoms with van der Waals surface area (Å²) in [5.41, 5.74) is 13.2. The van der Waals surface area contributed by atoms with E-state index < -0.39 is 0 Å². The van der Waals surface area contributed by atoms with E-state index in [0.717, 1.165) is 0 Å². The quantitative estimate of drug-likeness (QED) is 0.172. The van der Waals surface area contributed by atoms with Gasteiger partial charge in [0.05, 0.1) is 0 Å². The lowest BCUT2D eigenvalue weighted by atomic mass is 9.81. The molecule has 0 saturated heterocycles. The van der Waals surface area contributed by atoms with Crippen molar-refractivity contribution in [2.24, 2.45) is 0 Å². The van der Waals surface area contributed by atoms with Crippen LogP contribution >= 0.6 is 0 Å². The molecule has 9 aromatic rings. The minimum Gasteiger partial charge on any atom is -0.0619 e. The van der Waals surface area contributed by atoms with E-state index in [0.29, 0.717) is 0 Å². The lowest BCUT2D eigenvalue weighted by Gasteiger charge is -2.22. The molecule has 0 nitrogen and oxygen atoms in total. The topological polar surface area (TPSA) is 0 Å². The van der Waals surface area contributed by atoms with Gasteiger partial charge in [0.25, 0.3) is 0 Å². The average Bonchev–Trinajstić information content (AvgIpc) is 3.38. The van der Waals surface area contributed by atoms with E-state index in [9.17, 15) is 0 Å². The van der Waals surface area contributed by atoms with Crippen molar-refractivity contribution in [3.8, 4) is 44.5 Å². The van der Waals surface area contributed by atoms with Crippen LogP contribution in [0.3, 0.4) is 0 Å². The van der Waals surface area contributed by atoms with Gasteiger partial charge < -0.3 is 0 Å². The second kappa shape index (κ2) is 10.5. The van der Waals surface area contributed by atoms with Crippen LogP contribution in [0.15, 0.2) is 170 Å². The molecule has 0 heterocycles. The van der Waals surface area contributed by atoms with E-state index in [2.05, 4.69) is 184 Å². The van der Waals surface area contributed by atoms with Crippen LogP contribution in [0.1, 0.15) is 25.0 Å². The number of benzene rings is 9. The van der Waals surface area contributed by atoms with Gasteiger partial charge in [0.2, 0.25) is 0 Å². The Bertz CT molecular complexity index is 2730. The highest BCUT2D eigenvalue weighted by Crippen LogP contribution is 2.51. The Balaban J connectivity index is 1.23. The SMILES string of the molecule is CC1(C)c2ccccc2-c2ccc(-c3cccc4c(-c5c6ccccc6c(-c6cccc7ccccc67)c6ccccc56)cccc34)cc21. The van der Waals surface area contributed by atoms with Gasteiger partial charge in [-0.3, -0.25) is 0 Å². The third-order valence-electron chi connectivity index (χ3n) is 11.1. The summed E-state index contributed by atoms with van der Waals surface area (Å²) in [4.78, 5) is 0. The van der Waals surface area contributed by atoms with Crippen LogP contribution in [0.5, 0.6) is 0 Å². The Morgan fingerprint density at radius 2 is 0.735 bits per heavy atom. The molecular formula is C49H34. The van der Waals surface area contributed by atoms with Crippen molar-refractivity contribution in [1.29, 1.82) is 0 Å². The van der Waals surface area contributed by atoms with Crippen LogP contribution in [0.25, 0.3) is 87.6 Å². The van der Waals surface area contributed by atoms with Gasteiger partial charge in [0.1, 0.15) is 0 Å². The van der Waals surface area contributed by atoms with E-state index in [-0.39, 0.29) is 5.41 Å². The molecule has 0 radical (unpaired) electrons. The molecule has 0 heteroatoms. The lowest BCUT2D eigenvalue weighted by molar-refractivity contribution is 0.660. The number of hydrogen-bond donors (Lipinski definition) is 0. The van der Waals surface area contributed by atoms with Crippen molar-refractivity contribution >= 4 is 43.1 Å². The fourth-order valence-corrected chi connectivity index (χ4v) is 8.80. The first-order valence-corrected chi connectivity index (χ1v) is 17.3. The molecule has 9 aromatic carbocycles. The highest BCUT2D eigenvalue weighted by Gasteiger charge is 2.35. The average molecular weight is 623 g/mol. The molecule has 0 fully saturated rings. The van der Waals surface area contributed by atoms with Gasteiger partial charge in [0.15, 0.2) is 0 Å². The van der Waals surface area contributed by atoms with E-state index >= 15 is 0 Å². The molecule has 0 N–H and O–H groups in total. The molecule has 0 bridgehead atoms. The first-order valence-electron chi connectivity index (χ1n) is 17.3. The Labute approximate surface area is 286 Å². The molecule has 0 atom stereocenters. The molecule has 1 aliphatic carbocycles. The van der Waals surface area contributed by atoms with Crippen molar-refractivity contribution in [3.63, 3.8) is 0 Å². The van der Waals surface area contributed by atoms with Gasteiger partial charge in [-0.15, -0.1) is 0 Å². The molecule has 0 saturated carbocycles. The van der Waals surface area contributed by atoms with Crippen LogP contribution in [0.4, 0.5) is 0 Å². The Hall–Kier alpha value is -5.98. The zero-order chi connectivity index (χ0) is 32.7. The summed E-state index contributed by atoms with van der Waals surface area (Å²) in [6, 6.07) is 63.1. The fourth-order valence-electron chi connectivity index (χ4n) is 8.80. The summed E-state index contributed by atoms with van der Waals surface area (Å²) >= 11 is 0. The van der Waals surface area contributed by atoms with Crippen LogP contribution in [0, 0.1) is 0 Å². The molecule has 0 aliphatic heterocycles. The maximum Gasteiger partial charge on any atom is 0.0159 e. The first-order chi connectivity index (χ1) is 24.1. The maximum absolute atomic E-state index is 2.44. The second-order valence-corrected chi connectivity index (χ2v) is 14.0. The van der Waals surface area contributed by atoms with Crippen LogP contribution < -0.4 is 0 Å². The van der Waals surface area contributed by atoms with Crippen LogP contribution in [-0.4, -0.2) is 0 Å². The van der Waals surface area contributed by atoms with Crippen molar-refractivity contribution in [1.82, 2.24) is 0 Å². The molecule has 0 unspecified atom stereocenters. The predicted molar refractivity (Wildman–Crippen MR) is 210 cm³/mol. The summed E-state index contributed by atoms with van der Waals surface area (Å²) in [5.74, 6) is 0. The Morgan fingerprint density at radius 1 is 0.306 bits per heavy atom. The summed E-state index contributed by atoms with van der Waals surface area (Å²) in [5, 5.41) is 10.2. The predicted octanol–water partition coefficient (Wildman–Crippen LogP) is 13.6. The van der Waals surface area contributed by atoms with Gasteiger partial charge in [-0.1, -0.05) is 178 Å². The molecular weight excluding hydrogens is 589 g/mol. The van der Waals surface area contributed by atoms with Crippen molar-refractivity contribution in [2.45, 2.75) is 19.3 Å². The van der Waals surface area contributed by atoms with Crippen molar-refractivity contribution < 1.29 is 0 Å². The van der Waals surface area contributed by atoms with E-state index in [1.807, 2.05) is 0 Å². The van der Waals surface area contributed by atoms with Gasteiger partial charge in [0, 0.05) is 5.41 Å². The summed E-state index contributed by atoms with van der Waals surface area (Å²) < 4.78 is 0. The standard InChI is InChI=1S/C49H34/c1-49(2)45-27-10-9-17-37(45)38-29-28-32(30-46(38)49)34-22-12-24-36-35(34)23-13-26-40(36)48-43-20-7-5-18-41(43)47(42-19-6-8-21-44(42)48)39-25-11-15-31-14-3-4-16-33(31)39/h3-30H,1-2H3. The van der Waals surface area contributed by atoms with Gasteiger partial charge in [-0.25, -0.2) is 0 Å². The Morgan fingerprint density at radius 3 is 1.41 bits per heavy atom. The molecule has 1 aliphatic rings. The first kappa shape index (κ1) is 28.1.